The van der Waals surface area contributed by atoms with E-state index in [-0.39, 0.29) is 17.8 Å². The van der Waals surface area contributed by atoms with E-state index in [2.05, 4.69) is 45.0 Å². The van der Waals surface area contributed by atoms with Gasteiger partial charge in [-0.05, 0) is 35.2 Å². The lowest BCUT2D eigenvalue weighted by Gasteiger charge is -2.22. The Morgan fingerprint density at radius 1 is 0.789 bits per heavy atom. The van der Waals surface area contributed by atoms with Gasteiger partial charge in [0.2, 0.25) is 0 Å². The molecule has 0 fully saturated rings. The summed E-state index contributed by atoms with van der Waals surface area (Å²) in [7, 11) is 0. The van der Waals surface area contributed by atoms with Gasteiger partial charge in [-0.25, -0.2) is 5.84 Å². The fourth-order valence-corrected chi connectivity index (χ4v) is 1.86. The van der Waals surface area contributed by atoms with Crippen LogP contribution in [0.1, 0.15) is 26.3 Å². The molecule has 0 aliphatic heterocycles. The van der Waals surface area contributed by atoms with Gasteiger partial charge < -0.3 is 0 Å². The molecule has 0 spiro atoms. The maximum Gasteiger partial charge on any atom is 0.0575 e. The molecule has 102 valence electrons. The quantitative estimate of drug-likeness (QED) is 0.650. The Morgan fingerprint density at radius 2 is 1.26 bits per heavy atom. The summed E-state index contributed by atoms with van der Waals surface area (Å²) >= 11 is 0. The van der Waals surface area contributed by atoms with Crippen LogP contribution in [-0.2, 0) is 5.41 Å². The zero-order valence-electron chi connectivity index (χ0n) is 11.6. The SMILES string of the molecule is CC(C)(C)c1ccc(N(N)c2ccccc2)cc1.Cl. The minimum absolute atomic E-state index is 0. The van der Waals surface area contributed by atoms with Gasteiger partial charge >= 0.3 is 0 Å². The van der Waals surface area contributed by atoms with Crippen molar-refractivity contribution in [3.8, 4) is 0 Å². The summed E-state index contributed by atoms with van der Waals surface area (Å²) in [5.41, 5.74) is 3.47. The summed E-state index contributed by atoms with van der Waals surface area (Å²) in [6.45, 7) is 6.62. The standard InChI is InChI=1S/C16H20N2.ClH/c1-16(2,3)13-9-11-15(12-10-13)18(17)14-7-5-4-6-8-14;/h4-12H,17H2,1-3H3;1H. The van der Waals surface area contributed by atoms with Crippen LogP contribution in [0.2, 0.25) is 0 Å². The van der Waals surface area contributed by atoms with E-state index in [1.165, 1.54) is 5.56 Å². The third kappa shape index (κ3) is 3.72. The van der Waals surface area contributed by atoms with Crippen LogP contribution in [0.5, 0.6) is 0 Å². The molecular weight excluding hydrogens is 256 g/mol. The van der Waals surface area contributed by atoms with Crippen molar-refractivity contribution in [3.05, 3.63) is 60.2 Å². The Balaban J connectivity index is 0.00000180. The molecule has 0 heterocycles. The molecule has 0 saturated carbocycles. The first-order chi connectivity index (χ1) is 8.48. The minimum Gasteiger partial charge on any atom is -0.280 e. The zero-order chi connectivity index (χ0) is 13.2. The summed E-state index contributed by atoms with van der Waals surface area (Å²) < 4.78 is 0. The summed E-state index contributed by atoms with van der Waals surface area (Å²) in [6.07, 6.45) is 0. The van der Waals surface area contributed by atoms with Gasteiger partial charge in [-0.15, -0.1) is 12.4 Å². The van der Waals surface area contributed by atoms with Crippen molar-refractivity contribution in [1.82, 2.24) is 0 Å². The first kappa shape index (κ1) is 15.5. The highest BCUT2D eigenvalue weighted by Crippen LogP contribution is 2.26. The molecule has 3 heteroatoms. The van der Waals surface area contributed by atoms with Crippen LogP contribution in [-0.4, -0.2) is 0 Å². The molecule has 0 aliphatic rings. The van der Waals surface area contributed by atoms with Crippen molar-refractivity contribution >= 4 is 23.8 Å². The number of nitrogens with zero attached hydrogens (tertiary/aromatic N) is 1. The average Bonchev–Trinajstić information content (AvgIpc) is 2.38. The number of para-hydroxylation sites is 1. The van der Waals surface area contributed by atoms with Crippen molar-refractivity contribution in [3.63, 3.8) is 0 Å². The molecule has 0 radical (unpaired) electrons. The van der Waals surface area contributed by atoms with Crippen LogP contribution in [0.4, 0.5) is 11.4 Å². The monoisotopic (exact) mass is 276 g/mol. The predicted molar refractivity (Wildman–Crippen MR) is 85.2 cm³/mol. The Kier molecular flexibility index (Phi) is 4.98. The Labute approximate surface area is 121 Å². The number of hydrogen-bond donors (Lipinski definition) is 1. The number of nitrogens with two attached hydrogens (primary N) is 1. The molecule has 2 N–H and O–H groups in total. The largest absolute Gasteiger partial charge is 0.280 e. The van der Waals surface area contributed by atoms with Gasteiger partial charge in [0, 0.05) is 0 Å². The van der Waals surface area contributed by atoms with Crippen LogP contribution in [0.15, 0.2) is 54.6 Å². The third-order valence-electron chi connectivity index (χ3n) is 3.05. The molecule has 2 rings (SSSR count). The van der Waals surface area contributed by atoms with Crippen LogP contribution in [0.25, 0.3) is 0 Å². The first-order valence-corrected chi connectivity index (χ1v) is 6.19. The molecule has 0 unspecified atom stereocenters. The van der Waals surface area contributed by atoms with Crippen molar-refractivity contribution in [1.29, 1.82) is 0 Å². The molecular formula is C16H21ClN2. The van der Waals surface area contributed by atoms with Crippen LogP contribution in [0.3, 0.4) is 0 Å². The molecule has 0 bridgehead atoms. The smallest absolute Gasteiger partial charge is 0.0575 e. The number of rotatable bonds is 2. The van der Waals surface area contributed by atoms with Gasteiger partial charge in [-0.3, -0.25) is 5.01 Å². The normalized spacial score (nSPS) is 10.7. The highest BCUT2D eigenvalue weighted by molar-refractivity contribution is 5.85. The van der Waals surface area contributed by atoms with Crippen LogP contribution >= 0.6 is 12.4 Å². The van der Waals surface area contributed by atoms with E-state index in [0.717, 1.165) is 11.4 Å². The lowest BCUT2D eigenvalue weighted by molar-refractivity contribution is 0.590. The predicted octanol–water partition coefficient (Wildman–Crippen LogP) is 4.42. The van der Waals surface area contributed by atoms with E-state index >= 15 is 0 Å². The van der Waals surface area contributed by atoms with E-state index in [1.54, 1.807) is 5.01 Å². The maximum absolute atomic E-state index is 6.11. The van der Waals surface area contributed by atoms with Crippen LogP contribution in [0, 0.1) is 0 Å². The van der Waals surface area contributed by atoms with Gasteiger partial charge in [-0.2, -0.15) is 0 Å². The zero-order valence-corrected chi connectivity index (χ0v) is 12.4. The molecule has 0 amide bonds. The minimum atomic E-state index is 0. The number of halogens is 1. The molecule has 0 aromatic heterocycles. The fraction of sp³-hybridized carbons (Fsp3) is 0.250. The molecule has 0 aliphatic carbocycles. The van der Waals surface area contributed by atoms with Crippen molar-refractivity contribution in [2.24, 2.45) is 5.84 Å². The second kappa shape index (κ2) is 6.09. The number of benzene rings is 2. The summed E-state index contributed by atoms with van der Waals surface area (Å²) in [6, 6.07) is 18.4. The summed E-state index contributed by atoms with van der Waals surface area (Å²) in [5, 5.41) is 1.70. The van der Waals surface area contributed by atoms with Gasteiger partial charge in [0.05, 0.1) is 11.4 Å². The Bertz CT molecular complexity index is 501. The van der Waals surface area contributed by atoms with Gasteiger partial charge in [-0.1, -0.05) is 51.1 Å². The second-order valence-corrected chi connectivity index (χ2v) is 5.50. The van der Waals surface area contributed by atoms with Crippen molar-refractivity contribution < 1.29 is 0 Å². The molecule has 0 atom stereocenters. The van der Waals surface area contributed by atoms with Gasteiger partial charge in [0.25, 0.3) is 0 Å². The first-order valence-electron chi connectivity index (χ1n) is 6.19. The van der Waals surface area contributed by atoms with Gasteiger partial charge in [0.1, 0.15) is 0 Å². The Morgan fingerprint density at radius 3 is 1.74 bits per heavy atom. The van der Waals surface area contributed by atoms with Crippen molar-refractivity contribution in [2.45, 2.75) is 26.2 Å². The van der Waals surface area contributed by atoms with Crippen molar-refractivity contribution in [2.75, 3.05) is 5.01 Å². The van der Waals surface area contributed by atoms with Gasteiger partial charge in [0.15, 0.2) is 0 Å². The number of hydrazine groups is 1. The number of hydrogen-bond acceptors (Lipinski definition) is 2. The van der Waals surface area contributed by atoms with E-state index in [1.807, 2.05) is 30.3 Å². The lowest BCUT2D eigenvalue weighted by atomic mass is 9.87. The second-order valence-electron chi connectivity index (χ2n) is 5.50. The molecule has 2 aromatic carbocycles. The Hall–Kier alpha value is -1.51. The van der Waals surface area contributed by atoms with Crippen LogP contribution < -0.4 is 10.9 Å². The fourth-order valence-electron chi connectivity index (χ4n) is 1.86. The lowest BCUT2D eigenvalue weighted by Crippen LogP contribution is -2.24. The molecule has 19 heavy (non-hydrogen) atoms. The highest BCUT2D eigenvalue weighted by Gasteiger charge is 2.13. The third-order valence-corrected chi connectivity index (χ3v) is 3.05. The molecule has 2 aromatic rings. The summed E-state index contributed by atoms with van der Waals surface area (Å²) in [4.78, 5) is 0. The number of anilines is 2. The molecule has 2 nitrogen and oxygen atoms in total. The maximum atomic E-state index is 6.11. The average molecular weight is 277 g/mol. The van der Waals surface area contributed by atoms with E-state index in [0.29, 0.717) is 0 Å². The topological polar surface area (TPSA) is 29.3 Å². The van der Waals surface area contributed by atoms with E-state index in [4.69, 9.17) is 5.84 Å². The van der Waals surface area contributed by atoms with E-state index in [9.17, 15) is 0 Å². The summed E-state index contributed by atoms with van der Waals surface area (Å²) in [5.74, 6) is 6.11. The van der Waals surface area contributed by atoms with E-state index < -0.39 is 0 Å². The molecule has 0 saturated heterocycles. The highest BCUT2D eigenvalue weighted by atomic mass is 35.5.